The molecule has 2 aromatic heterocycles. The van der Waals surface area contributed by atoms with Gasteiger partial charge in [-0.1, -0.05) is 30.3 Å². The van der Waals surface area contributed by atoms with Gasteiger partial charge in [0.1, 0.15) is 0 Å². The van der Waals surface area contributed by atoms with Crippen molar-refractivity contribution in [3.05, 3.63) is 75.1 Å². The second kappa shape index (κ2) is 7.90. The van der Waals surface area contributed by atoms with Crippen LogP contribution in [0.2, 0.25) is 0 Å². The molecule has 0 atom stereocenters. The van der Waals surface area contributed by atoms with Gasteiger partial charge in [0.05, 0.1) is 0 Å². The minimum absolute atomic E-state index is 0.394. The van der Waals surface area contributed by atoms with Crippen molar-refractivity contribution in [2.24, 2.45) is 0 Å². The molecule has 0 radical (unpaired) electrons. The van der Waals surface area contributed by atoms with Gasteiger partial charge in [0.2, 0.25) is 10.0 Å². The highest BCUT2D eigenvalue weighted by Gasteiger charge is 2.07. The molecule has 0 saturated heterocycles. The van der Waals surface area contributed by atoms with Gasteiger partial charge in [-0.3, -0.25) is 0 Å². The largest absolute Gasteiger partial charge is 0.233 e. The summed E-state index contributed by atoms with van der Waals surface area (Å²) in [4.78, 5) is 2.39. The smallest absolute Gasteiger partial charge is 0.211 e. The van der Waals surface area contributed by atoms with Gasteiger partial charge in [0, 0.05) is 27.3 Å². The van der Waals surface area contributed by atoms with Crippen molar-refractivity contribution < 1.29 is 8.42 Å². The Hall–Kier alpha value is -1.73. The van der Waals surface area contributed by atoms with E-state index in [1.54, 1.807) is 28.7 Å². The SMILES string of the molecule is O=S(=O)(C=Cc1ccccc1)NCCc1ccc(-c2ccsc2)s1. The molecule has 3 nitrogen and oxygen atoms in total. The molecule has 3 aromatic rings. The number of nitrogens with one attached hydrogen (secondary N) is 1. The fourth-order valence-electron chi connectivity index (χ4n) is 2.17. The van der Waals surface area contributed by atoms with Gasteiger partial charge in [-0.05, 0) is 47.0 Å². The third-order valence-electron chi connectivity index (χ3n) is 3.38. The fourth-order valence-corrected chi connectivity index (χ4v) is 4.72. The number of hydrogen-bond acceptors (Lipinski definition) is 4. The van der Waals surface area contributed by atoms with Gasteiger partial charge >= 0.3 is 0 Å². The molecular formula is C18H17NO2S3. The molecule has 24 heavy (non-hydrogen) atoms. The van der Waals surface area contributed by atoms with Crippen LogP contribution < -0.4 is 4.72 Å². The molecule has 0 bridgehead atoms. The Morgan fingerprint density at radius 1 is 1.04 bits per heavy atom. The third kappa shape index (κ3) is 4.88. The van der Waals surface area contributed by atoms with Gasteiger partial charge in [-0.25, -0.2) is 13.1 Å². The molecule has 2 heterocycles. The molecule has 0 spiro atoms. The maximum Gasteiger partial charge on any atom is 0.233 e. The quantitative estimate of drug-likeness (QED) is 0.655. The van der Waals surface area contributed by atoms with Gasteiger partial charge in [-0.15, -0.1) is 11.3 Å². The third-order valence-corrected chi connectivity index (χ3v) is 6.36. The van der Waals surface area contributed by atoms with Gasteiger partial charge in [-0.2, -0.15) is 11.3 Å². The first-order valence-corrected chi connectivity index (χ1v) is 10.8. The summed E-state index contributed by atoms with van der Waals surface area (Å²) in [6.45, 7) is 0.394. The summed E-state index contributed by atoms with van der Waals surface area (Å²) in [5.41, 5.74) is 2.09. The molecule has 0 unspecified atom stereocenters. The average Bonchev–Trinajstić information content (AvgIpc) is 3.25. The lowest BCUT2D eigenvalue weighted by molar-refractivity contribution is 0.591. The van der Waals surface area contributed by atoms with Gasteiger partial charge < -0.3 is 0 Å². The summed E-state index contributed by atoms with van der Waals surface area (Å²) in [5.74, 6) is 0. The van der Waals surface area contributed by atoms with E-state index in [2.05, 4.69) is 33.7 Å². The van der Waals surface area contributed by atoms with E-state index in [9.17, 15) is 8.42 Å². The number of sulfonamides is 1. The Morgan fingerprint density at radius 3 is 2.62 bits per heavy atom. The van der Waals surface area contributed by atoms with Crippen molar-refractivity contribution in [1.82, 2.24) is 4.72 Å². The lowest BCUT2D eigenvalue weighted by Gasteiger charge is -2.01. The zero-order chi connectivity index (χ0) is 16.8. The van der Waals surface area contributed by atoms with Crippen LogP contribution in [0.15, 0.2) is 64.7 Å². The van der Waals surface area contributed by atoms with E-state index in [0.29, 0.717) is 13.0 Å². The first-order valence-electron chi connectivity index (χ1n) is 7.46. The van der Waals surface area contributed by atoms with Crippen LogP contribution in [0.25, 0.3) is 16.5 Å². The first kappa shape index (κ1) is 17.1. The van der Waals surface area contributed by atoms with E-state index in [4.69, 9.17) is 0 Å². The van der Waals surface area contributed by atoms with Crippen LogP contribution in [-0.4, -0.2) is 15.0 Å². The summed E-state index contributed by atoms with van der Waals surface area (Å²) in [7, 11) is -3.41. The number of thiophene rings is 2. The van der Waals surface area contributed by atoms with Crippen LogP contribution in [-0.2, 0) is 16.4 Å². The Morgan fingerprint density at radius 2 is 1.88 bits per heavy atom. The molecule has 1 N–H and O–H groups in total. The maximum absolute atomic E-state index is 12.0. The van der Waals surface area contributed by atoms with Crippen LogP contribution in [0.1, 0.15) is 10.4 Å². The summed E-state index contributed by atoms with van der Waals surface area (Å²) in [5, 5.41) is 5.39. The topological polar surface area (TPSA) is 46.2 Å². The van der Waals surface area contributed by atoms with Crippen molar-refractivity contribution in [3.8, 4) is 10.4 Å². The van der Waals surface area contributed by atoms with Crippen LogP contribution in [0.3, 0.4) is 0 Å². The average molecular weight is 376 g/mol. The van der Waals surface area contributed by atoms with Crippen LogP contribution in [0.4, 0.5) is 0 Å². The Kier molecular flexibility index (Phi) is 5.63. The van der Waals surface area contributed by atoms with E-state index in [1.807, 2.05) is 30.3 Å². The molecule has 0 aliphatic carbocycles. The molecule has 0 amide bonds. The number of rotatable bonds is 7. The van der Waals surface area contributed by atoms with Gasteiger partial charge in [0.25, 0.3) is 0 Å². The molecule has 0 fully saturated rings. The standard InChI is InChI=1S/C18H17NO2S3/c20-24(21,13-10-15-4-2-1-3-5-15)19-11-8-17-6-7-18(23-17)16-9-12-22-14-16/h1-7,9-10,12-14,19H,8,11H2. The molecule has 0 aliphatic rings. The van der Waals surface area contributed by atoms with Crippen molar-refractivity contribution in [3.63, 3.8) is 0 Å². The predicted octanol–water partition coefficient (Wildman–Crippen LogP) is 4.61. The summed E-state index contributed by atoms with van der Waals surface area (Å²) >= 11 is 3.38. The summed E-state index contributed by atoms with van der Waals surface area (Å²) in [6.07, 6.45) is 2.29. The molecule has 0 saturated carbocycles. The molecule has 6 heteroatoms. The zero-order valence-electron chi connectivity index (χ0n) is 12.9. The molecule has 124 valence electrons. The van der Waals surface area contributed by atoms with Gasteiger partial charge in [0.15, 0.2) is 0 Å². The summed E-state index contributed by atoms with van der Waals surface area (Å²) in [6, 6.07) is 15.6. The second-order valence-electron chi connectivity index (χ2n) is 5.18. The van der Waals surface area contributed by atoms with Crippen molar-refractivity contribution in [2.75, 3.05) is 6.54 Å². The highest BCUT2D eigenvalue weighted by Crippen LogP contribution is 2.29. The lowest BCUT2D eigenvalue weighted by atomic mass is 10.2. The van der Waals surface area contributed by atoms with E-state index >= 15 is 0 Å². The lowest BCUT2D eigenvalue weighted by Crippen LogP contribution is -2.23. The van der Waals surface area contributed by atoms with E-state index in [0.717, 1.165) is 5.56 Å². The molecular weight excluding hydrogens is 358 g/mol. The highest BCUT2D eigenvalue weighted by atomic mass is 32.2. The highest BCUT2D eigenvalue weighted by molar-refractivity contribution is 7.92. The van der Waals surface area contributed by atoms with Crippen LogP contribution in [0, 0.1) is 0 Å². The molecule has 3 rings (SSSR count). The molecule has 0 aliphatic heterocycles. The number of benzene rings is 1. The summed E-state index contributed by atoms with van der Waals surface area (Å²) < 4.78 is 26.6. The maximum atomic E-state index is 12.0. The zero-order valence-corrected chi connectivity index (χ0v) is 15.3. The van der Waals surface area contributed by atoms with E-state index in [1.165, 1.54) is 20.7 Å². The number of hydrogen-bond donors (Lipinski definition) is 1. The minimum atomic E-state index is -3.41. The molecule has 1 aromatic carbocycles. The normalized spacial score (nSPS) is 12.0. The first-order chi connectivity index (χ1) is 11.6. The van der Waals surface area contributed by atoms with Crippen molar-refractivity contribution >= 4 is 38.8 Å². The predicted molar refractivity (Wildman–Crippen MR) is 104 cm³/mol. The van der Waals surface area contributed by atoms with E-state index in [-0.39, 0.29) is 0 Å². The Labute approximate surface area is 150 Å². The van der Waals surface area contributed by atoms with Crippen LogP contribution in [0.5, 0.6) is 0 Å². The van der Waals surface area contributed by atoms with Crippen molar-refractivity contribution in [2.45, 2.75) is 6.42 Å². The van der Waals surface area contributed by atoms with E-state index < -0.39 is 10.0 Å². The Bertz CT molecular complexity index is 895. The minimum Gasteiger partial charge on any atom is -0.211 e. The van der Waals surface area contributed by atoms with Crippen molar-refractivity contribution in [1.29, 1.82) is 0 Å². The Balaban J connectivity index is 1.53. The second-order valence-corrected chi connectivity index (χ2v) is 8.78. The monoisotopic (exact) mass is 375 g/mol. The van der Waals surface area contributed by atoms with Crippen LogP contribution >= 0.6 is 22.7 Å². The fraction of sp³-hybridized carbons (Fsp3) is 0.111.